The van der Waals surface area contributed by atoms with Crippen LogP contribution < -0.4 is 0 Å². The molecule has 7 heteroatoms. The third kappa shape index (κ3) is 2.07. The molecular formula is C13H10F2N4S. The molecule has 0 N–H and O–H groups in total. The first-order valence-electron chi connectivity index (χ1n) is 6.35. The lowest BCUT2D eigenvalue weighted by Gasteiger charge is -1.98. The van der Waals surface area contributed by atoms with Gasteiger partial charge in [0.15, 0.2) is 5.82 Å². The maximum absolute atomic E-state index is 13.2. The van der Waals surface area contributed by atoms with E-state index in [0.29, 0.717) is 17.9 Å². The summed E-state index contributed by atoms with van der Waals surface area (Å²) in [5, 5.41) is 13.5. The second-order valence-corrected chi connectivity index (χ2v) is 6.02. The second-order valence-electron chi connectivity index (χ2n) is 4.98. The molecule has 0 bridgehead atoms. The zero-order valence-electron chi connectivity index (χ0n) is 10.4. The lowest BCUT2D eigenvalue weighted by molar-refractivity contribution is 0.580. The van der Waals surface area contributed by atoms with E-state index in [1.807, 2.05) is 0 Å². The van der Waals surface area contributed by atoms with E-state index in [-0.39, 0.29) is 0 Å². The van der Waals surface area contributed by atoms with Gasteiger partial charge in [-0.25, -0.2) is 8.78 Å². The van der Waals surface area contributed by atoms with Crippen molar-refractivity contribution in [1.29, 1.82) is 0 Å². The van der Waals surface area contributed by atoms with Crippen LogP contribution in [0.3, 0.4) is 0 Å². The fraction of sp³-hybridized carbons (Fsp3) is 0.308. The first-order valence-corrected chi connectivity index (χ1v) is 7.17. The van der Waals surface area contributed by atoms with Crippen LogP contribution in [0.4, 0.5) is 8.78 Å². The van der Waals surface area contributed by atoms with Crippen molar-refractivity contribution in [3.63, 3.8) is 0 Å². The van der Waals surface area contributed by atoms with Crippen molar-refractivity contribution in [2.75, 3.05) is 0 Å². The molecule has 4 nitrogen and oxygen atoms in total. The minimum atomic E-state index is -0.568. The normalized spacial score (nSPS) is 15.1. The van der Waals surface area contributed by atoms with Gasteiger partial charge in [-0.2, -0.15) is 9.61 Å². The Labute approximate surface area is 117 Å². The SMILES string of the molecule is Fc1cc(F)cc(Cc2nn3c(C4CC4)nnc3s2)c1. The Morgan fingerprint density at radius 3 is 2.60 bits per heavy atom. The van der Waals surface area contributed by atoms with Gasteiger partial charge in [-0.05, 0) is 30.5 Å². The number of hydrogen-bond acceptors (Lipinski definition) is 4. The summed E-state index contributed by atoms with van der Waals surface area (Å²) in [4.78, 5) is 0.735. The average molecular weight is 292 g/mol. The van der Waals surface area contributed by atoms with Crippen molar-refractivity contribution in [1.82, 2.24) is 19.8 Å². The second kappa shape index (κ2) is 4.31. The lowest BCUT2D eigenvalue weighted by Crippen LogP contribution is -1.96. The smallest absolute Gasteiger partial charge is 0.207 e. The number of rotatable bonds is 3. The zero-order chi connectivity index (χ0) is 13.7. The van der Waals surface area contributed by atoms with E-state index < -0.39 is 11.6 Å². The molecule has 0 aliphatic heterocycles. The summed E-state index contributed by atoms with van der Waals surface area (Å²) in [6, 6.07) is 3.52. The van der Waals surface area contributed by atoms with Crippen LogP contribution in [0, 0.1) is 11.6 Å². The van der Waals surface area contributed by atoms with Gasteiger partial charge < -0.3 is 0 Å². The van der Waals surface area contributed by atoms with Crippen molar-refractivity contribution >= 4 is 16.3 Å². The Morgan fingerprint density at radius 2 is 1.90 bits per heavy atom. The monoisotopic (exact) mass is 292 g/mol. The van der Waals surface area contributed by atoms with Crippen LogP contribution >= 0.6 is 11.3 Å². The van der Waals surface area contributed by atoms with Gasteiger partial charge in [0, 0.05) is 18.4 Å². The van der Waals surface area contributed by atoms with Crippen LogP contribution in [0.1, 0.15) is 35.2 Å². The van der Waals surface area contributed by atoms with Gasteiger partial charge in [0.2, 0.25) is 4.96 Å². The van der Waals surface area contributed by atoms with E-state index in [9.17, 15) is 8.78 Å². The standard InChI is InChI=1S/C13H10F2N4S/c14-9-3-7(4-10(15)6-9)5-11-18-19-12(8-1-2-8)16-17-13(19)20-11/h3-4,6,8H,1-2,5H2. The molecule has 1 saturated carbocycles. The van der Waals surface area contributed by atoms with Gasteiger partial charge in [0.25, 0.3) is 0 Å². The molecule has 1 aliphatic rings. The molecule has 0 atom stereocenters. The first kappa shape index (κ1) is 11.9. The van der Waals surface area contributed by atoms with E-state index in [4.69, 9.17) is 0 Å². The van der Waals surface area contributed by atoms with Crippen LogP contribution in [0.25, 0.3) is 4.96 Å². The maximum Gasteiger partial charge on any atom is 0.234 e. The van der Waals surface area contributed by atoms with Gasteiger partial charge in [-0.3, -0.25) is 0 Å². The Bertz CT molecular complexity index is 771. The molecule has 2 aromatic heterocycles. The predicted octanol–water partition coefficient (Wildman–Crippen LogP) is 2.93. The molecule has 4 rings (SSSR count). The molecule has 0 amide bonds. The molecule has 0 radical (unpaired) electrons. The summed E-state index contributed by atoms with van der Waals surface area (Å²) < 4.78 is 28.1. The van der Waals surface area contributed by atoms with Crippen molar-refractivity contribution in [3.05, 3.63) is 46.2 Å². The van der Waals surface area contributed by atoms with E-state index in [0.717, 1.165) is 34.7 Å². The summed E-state index contributed by atoms with van der Waals surface area (Å²) in [5.41, 5.74) is 0.570. The lowest BCUT2D eigenvalue weighted by atomic mass is 10.1. The molecule has 0 spiro atoms. The number of nitrogens with zero attached hydrogens (tertiary/aromatic N) is 4. The van der Waals surface area contributed by atoms with Gasteiger partial charge >= 0.3 is 0 Å². The molecule has 0 unspecified atom stereocenters. The number of fused-ring (bicyclic) bond motifs is 1. The van der Waals surface area contributed by atoms with Crippen LogP contribution in [0.2, 0.25) is 0 Å². The predicted molar refractivity (Wildman–Crippen MR) is 69.8 cm³/mol. The van der Waals surface area contributed by atoms with E-state index in [2.05, 4.69) is 15.3 Å². The highest BCUT2D eigenvalue weighted by Crippen LogP contribution is 2.39. The third-order valence-electron chi connectivity index (χ3n) is 3.28. The number of aromatic nitrogens is 4. The highest BCUT2D eigenvalue weighted by atomic mass is 32.1. The Hall–Kier alpha value is -1.89. The van der Waals surface area contributed by atoms with Gasteiger partial charge in [-0.15, -0.1) is 10.2 Å². The molecule has 1 fully saturated rings. The summed E-state index contributed by atoms with van der Waals surface area (Å²) in [7, 11) is 0. The zero-order valence-corrected chi connectivity index (χ0v) is 11.2. The number of hydrogen-bond donors (Lipinski definition) is 0. The van der Waals surface area contributed by atoms with Crippen LogP contribution in [-0.2, 0) is 6.42 Å². The van der Waals surface area contributed by atoms with Gasteiger partial charge in [-0.1, -0.05) is 11.3 Å². The Morgan fingerprint density at radius 1 is 1.15 bits per heavy atom. The average Bonchev–Trinajstić information content (AvgIpc) is 3.01. The molecule has 0 saturated heterocycles. The van der Waals surface area contributed by atoms with Crippen molar-refractivity contribution < 1.29 is 8.78 Å². The highest BCUT2D eigenvalue weighted by molar-refractivity contribution is 7.16. The fourth-order valence-corrected chi connectivity index (χ4v) is 3.10. The third-order valence-corrected chi connectivity index (χ3v) is 4.18. The molecule has 1 aliphatic carbocycles. The molecule has 3 aromatic rings. The largest absolute Gasteiger partial charge is 0.234 e. The minimum Gasteiger partial charge on any atom is -0.207 e. The van der Waals surface area contributed by atoms with Crippen molar-refractivity contribution in [2.24, 2.45) is 0 Å². The maximum atomic E-state index is 13.2. The molecule has 1 aromatic carbocycles. The number of halogens is 2. The van der Waals surface area contributed by atoms with Crippen molar-refractivity contribution in [3.8, 4) is 0 Å². The molecule has 20 heavy (non-hydrogen) atoms. The molecule has 2 heterocycles. The fourth-order valence-electron chi connectivity index (χ4n) is 2.23. The van der Waals surface area contributed by atoms with Crippen LogP contribution in [-0.4, -0.2) is 19.8 Å². The summed E-state index contributed by atoms with van der Waals surface area (Å²) >= 11 is 1.40. The summed E-state index contributed by atoms with van der Waals surface area (Å²) in [5.74, 6) is 0.225. The van der Waals surface area contributed by atoms with E-state index in [1.165, 1.54) is 23.5 Å². The van der Waals surface area contributed by atoms with E-state index in [1.54, 1.807) is 4.52 Å². The van der Waals surface area contributed by atoms with Crippen molar-refractivity contribution in [2.45, 2.75) is 25.2 Å². The Kier molecular flexibility index (Phi) is 2.56. The summed E-state index contributed by atoms with van der Waals surface area (Å²) in [6.45, 7) is 0. The quantitative estimate of drug-likeness (QED) is 0.745. The van der Waals surface area contributed by atoms with Gasteiger partial charge in [0.1, 0.15) is 16.6 Å². The van der Waals surface area contributed by atoms with Crippen LogP contribution in [0.5, 0.6) is 0 Å². The highest BCUT2D eigenvalue weighted by Gasteiger charge is 2.30. The number of benzene rings is 1. The molecular weight excluding hydrogens is 282 g/mol. The molecule has 102 valence electrons. The summed E-state index contributed by atoms with van der Waals surface area (Å²) in [6.07, 6.45) is 2.65. The topological polar surface area (TPSA) is 43.1 Å². The first-order chi connectivity index (χ1) is 9.69. The van der Waals surface area contributed by atoms with Crippen LogP contribution in [0.15, 0.2) is 18.2 Å². The van der Waals surface area contributed by atoms with Gasteiger partial charge in [0.05, 0.1) is 0 Å². The Balaban J connectivity index is 1.68. The van der Waals surface area contributed by atoms with E-state index >= 15 is 0 Å². The minimum absolute atomic E-state index is 0.396.